The Bertz CT molecular complexity index is 920. The van der Waals surface area contributed by atoms with Crippen LogP contribution < -0.4 is 10.2 Å². The number of piperazine rings is 1. The molecule has 3 heterocycles. The predicted molar refractivity (Wildman–Crippen MR) is 117 cm³/mol. The van der Waals surface area contributed by atoms with Gasteiger partial charge in [0.1, 0.15) is 0 Å². The number of likely N-dealkylation sites (N-methyl/N-ethyl adjacent to an activating group) is 1. The molecule has 2 aromatic heterocycles. The molecule has 0 radical (unpaired) electrons. The number of aromatic nitrogens is 3. The number of anilines is 4. The molecule has 0 saturated carbocycles. The maximum atomic E-state index is 12.6. The van der Waals surface area contributed by atoms with Gasteiger partial charge in [0.25, 0.3) is 0 Å². The van der Waals surface area contributed by atoms with Crippen LogP contribution in [0.15, 0.2) is 67.3 Å². The lowest BCUT2D eigenvalue weighted by molar-refractivity contribution is -0.117. The van der Waals surface area contributed by atoms with E-state index in [-0.39, 0.29) is 5.91 Å². The van der Waals surface area contributed by atoms with Crippen LogP contribution in [0.1, 0.15) is 0 Å². The van der Waals surface area contributed by atoms with Crippen LogP contribution in [-0.4, -0.2) is 70.4 Å². The lowest BCUT2D eigenvalue weighted by atomic mass is 10.2. The van der Waals surface area contributed by atoms with Gasteiger partial charge < -0.3 is 10.2 Å². The average Bonchev–Trinajstić information content (AvgIpc) is 2.77. The molecule has 0 aliphatic carbocycles. The third-order valence-electron chi connectivity index (χ3n) is 5.02. The van der Waals surface area contributed by atoms with Crippen molar-refractivity contribution in [2.24, 2.45) is 0 Å². The molecule has 3 aromatic rings. The third-order valence-corrected chi connectivity index (χ3v) is 5.02. The predicted octanol–water partition coefficient (Wildman–Crippen LogP) is 2.53. The van der Waals surface area contributed by atoms with Crippen LogP contribution in [-0.2, 0) is 4.79 Å². The van der Waals surface area contributed by atoms with E-state index in [9.17, 15) is 4.79 Å². The number of carbonyl (C=O) groups is 1. The smallest absolute Gasteiger partial charge is 0.238 e. The number of carbonyl (C=O) groups excluding carboxylic acids is 1. The first-order valence-electron chi connectivity index (χ1n) is 9.97. The fraction of sp³-hybridized carbons (Fsp3) is 0.273. The van der Waals surface area contributed by atoms with Gasteiger partial charge in [-0.25, -0.2) is 9.97 Å². The van der Waals surface area contributed by atoms with E-state index in [0.717, 1.165) is 43.2 Å². The Balaban J connectivity index is 1.53. The first-order valence-corrected chi connectivity index (χ1v) is 9.97. The summed E-state index contributed by atoms with van der Waals surface area (Å²) < 4.78 is 0. The Hall–Kier alpha value is -3.36. The number of pyridine rings is 1. The van der Waals surface area contributed by atoms with E-state index < -0.39 is 0 Å². The molecule has 8 nitrogen and oxygen atoms in total. The van der Waals surface area contributed by atoms with Gasteiger partial charge in [0.05, 0.1) is 17.9 Å². The number of benzene rings is 1. The Morgan fingerprint density at radius 3 is 2.43 bits per heavy atom. The van der Waals surface area contributed by atoms with Crippen LogP contribution >= 0.6 is 0 Å². The normalized spacial score (nSPS) is 15.0. The summed E-state index contributed by atoms with van der Waals surface area (Å²) >= 11 is 0. The molecule has 1 fully saturated rings. The maximum absolute atomic E-state index is 12.6. The molecule has 1 N–H and O–H groups in total. The van der Waals surface area contributed by atoms with Crippen molar-refractivity contribution in [3.63, 3.8) is 0 Å². The fourth-order valence-electron chi connectivity index (χ4n) is 3.41. The van der Waals surface area contributed by atoms with E-state index in [4.69, 9.17) is 0 Å². The summed E-state index contributed by atoms with van der Waals surface area (Å²) in [5.74, 6) is 0.535. The van der Waals surface area contributed by atoms with Gasteiger partial charge >= 0.3 is 0 Å². The molecule has 0 spiro atoms. The average molecular weight is 403 g/mol. The second-order valence-electron chi connectivity index (χ2n) is 7.27. The molecule has 1 saturated heterocycles. The zero-order valence-electron chi connectivity index (χ0n) is 17.0. The summed E-state index contributed by atoms with van der Waals surface area (Å²) in [7, 11) is 2.11. The van der Waals surface area contributed by atoms with Crippen molar-refractivity contribution in [1.29, 1.82) is 0 Å². The number of nitrogens with one attached hydrogen (secondary N) is 1. The lowest BCUT2D eigenvalue weighted by Gasteiger charge is -2.31. The maximum Gasteiger partial charge on any atom is 0.238 e. The summed E-state index contributed by atoms with van der Waals surface area (Å²) in [6.45, 7) is 4.19. The van der Waals surface area contributed by atoms with Crippen LogP contribution in [0.5, 0.6) is 0 Å². The number of hydrogen-bond acceptors (Lipinski definition) is 7. The molecule has 0 atom stereocenters. The van der Waals surface area contributed by atoms with Crippen LogP contribution in [0.2, 0.25) is 0 Å². The highest BCUT2D eigenvalue weighted by molar-refractivity contribution is 5.93. The van der Waals surface area contributed by atoms with Crippen molar-refractivity contribution in [2.75, 3.05) is 50.0 Å². The molecule has 154 valence electrons. The zero-order chi connectivity index (χ0) is 20.8. The van der Waals surface area contributed by atoms with Crippen LogP contribution in [0.25, 0.3) is 0 Å². The fourth-order valence-corrected chi connectivity index (χ4v) is 3.41. The minimum absolute atomic E-state index is 0.0110. The SMILES string of the molecule is CN1CCN(CC(=O)Nc2cccc(N(c3ccncc3)c3ncccn3)c2)CC1. The quantitative estimate of drug-likeness (QED) is 0.678. The number of hydrogen-bond donors (Lipinski definition) is 1. The van der Waals surface area contributed by atoms with Crippen molar-refractivity contribution in [2.45, 2.75) is 0 Å². The van der Waals surface area contributed by atoms with Crippen molar-refractivity contribution in [1.82, 2.24) is 24.8 Å². The highest BCUT2D eigenvalue weighted by Gasteiger charge is 2.18. The van der Waals surface area contributed by atoms with E-state index in [1.54, 1.807) is 30.9 Å². The molecular formula is C22H25N7O. The number of amides is 1. The highest BCUT2D eigenvalue weighted by Crippen LogP contribution is 2.32. The summed E-state index contributed by atoms with van der Waals surface area (Å²) in [5.41, 5.74) is 2.48. The number of rotatable bonds is 6. The third kappa shape index (κ3) is 4.97. The first-order chi connectivity index (χ1) is 14.7. The van der Waals surface area contributed by atoms with Crippen molar-refractivity contribution in [3.05, 3.63) is 67.3 Å². The van der Waals surface area contributed by atoms with Gasteiger partial charge in [0.2, 0.25) is 11.9 Å². The van der Waals surface area contributed by atoms with E-state index in [0.29, 0.717) is 12.5 Å². The Morgan fingerprint density at radius 2 is 1.70 bits per heavy atom. The van der Waals surface area contributed by atoms with E-state index in [1.165, 1.54) is 0 Å². The van der Waals surface area contributed by atoms with Gasteiger partial charge in [-0.2, -0.15) is 0 Å². The van der Waals surface area contributed by atoms with Crippen LogP contribution in [0, 0.1) is 0 Å². The lowest BCUT2D eigenvalue weighted by Crippen LogP contribution is -2.47. The molecular weight excluding hydrogens is 378 g/mol. The van der Waals surface area contributed by atoms with E-state index in [2.05, 4.69) is 37.1 Å². The van der Waals surface area contributed by atoms with Gasteiger partial charge in [-0.15, -0.1) is 0 Å². The van der Waals surface area contributed by atoms with Gasteiger partial charge in [0, 0.05) is 56.7 Å². The highest BCUT2D eigenvalue weighted by atomic mass is 16.2. The molecule has 1 aliphatic rings. The van der Waals surface area contributed by atoms with Gasteiger partial charge in [-0.3, -0.25) is 19.6 Å². The Morgan fingerprint density at radius 1 is 0.967 bits per heavy atom. The van der Waals surface area contributed by atoms with Gasteiger partial charge in [0.15, 0.2) is 0 Å². The van der Waals surface area contributed by atoms with Crippen LogP contribution in [0.4, 0.5) is 23.0 Å². The standard InChI is InChI=1S/C22H25N7O/c1-27-12-14-28(15-13-27)17-21(30)26-18-4-2-5-20(16-18)29(19-6-10-23-11-7-19)22-24-8-3-9-25-22/h2-11,16H,12-15,17H2,1H3,(H,26,30). The van der Waals surface area contributed by atoms with Crippen molar-refractivity contribution in [3.8, 4) is 0 Å². The van der Waals surface area contributed by atoms with E-state index >= 15 is 0 Å². The molecule has 4 rings (SSSR count). The minimum atomic E-state index is -0.0110. The molecule has 1 aliphatic heterocycles. The monoisotopic (exact) mass is 403 g/mol. The molecule has 1 aromatic carbocycles. The minimum Gasteiger partial charge on any atom is -0.325 e. The summed E-state index contributed by atoms with van der Waals surface area (Å²) in [5, 5.41) is 3.02. The topological polar surface area (TPSA) is 77.5 Å². The summed E-state index contributed by atoms with van der Waals surface area (Å²) in [4.78, 5) is 31.9. The molecule has 30 heavy (non-hydrogen) atoms. The van der Waals surface area contributed by atoms with Gasteiger partial charge in [-0.05, 0) is 43.4 Å². The summed E-state index contributed by atoms with van der Waals surface area (Å²) in [6, 6.07) is 13.3. The Labute approximate surface area is 176 Å². The first kappa shape index (κ1) is 19.9. The molecule has 8 heteroatoms. The zero-order valence-corrected chi connectivity index (χ0v) is 17.0. The van der Waals surface area contributed by atoms with Crippen molar-refractivity contribution < 1.29 is 4.79 Å². The second-order valence-corrected chi connectivity index (χ2v) is 7.27. The second kappa shape index (κ2) is 9.43. The number of nitrogens with zero attached hydrogens (tertiary/aromatic N) is 6. The van der Waals surface area contributed by atoms with Crippen molar-refractivity contribution >= 4 is 28.9 Å². The largest absolute Gasteiger partial charge is 0.325 e. The molecule has 0 unspecified atom stereocenters. The Kier molecular flexibility index (Phi) is 6.26. The van der Waals surface area contributed by atoms with Crippen LogP contribution in [0.3, 0.4) is 0 Å². The molecule has 0 bridgehead atoms. The van der Waals surface area contributed by atoms with Gasteiger partial charge in [-0.1, -0.05) is 6.07 Å². The molecule has 1 amide bonds. The summed E-state index contributed by atoms with van der Waals surface area (Å²) in [6.07, 6.45) is 6.87. The van der Waals surface area contributed by atoms with E-state index in [1.807, 2.05) is 41.3 Å².